The van der Waals surface area contributed by atoms with Crippen LogP contribution in [-0.4, -0.2) is 120 Å². The number of aryl methyl sites for hydroxylation is 4. The minimum atomic E-state index is -1.98. The highest BCUT2D eigenvalue weighted by Crippen LogP contribution is 2.45. The molecule has 0 amide bonds. The van der Waals surface area contributed by atoms with E-state index < -0.39 is 53.8 Å². The van der Waals surface area contributed by atoms with E-state index in [1.165, 1.54) is 15.3 Å². The number of aliphatic hydroxyl groups excluding tert-OH is 1. The van der Waals surface area contributed by atoms with E-state index in [9.17, 15) is 33.9 Å². The molecule has 2 aromatic heterocycles. The number of thioether (sulfide) groups is 2. The van der Waals surface area contributed by atoms with Crippen LogP contribution in [0.2, 0.25) is 18.1 Å². The van der Waals surface area contributed by atoms with Crippen LogP contribution < -0.4 is 41.4 Å². The van der Waals surface area contributed by atoms with Gasteiger partial charge in [-0.15, -0.1) is 0 Å². The second-order valence-corrected chi connectivity index (χ2v) is 34.7. The van der Waals surface area contributed by atoms with Crippen molar-refractivity contribution < 1.29 is 47.5 Å². The monoisotopic (exact) mass is 1490 g/mol. The number of methoxy groups -OCH3 is 4. The van der Waals surface area contributed by atoms with Crippen LogP contribution in [0.3, 0.4) is 0 Å². The molecule has 2 unspecified atom stereocenters. The first kappa shape index (κ1) is 80.5. The summed E-state index contributed by atoms with van der Waals surface area (Å²) in [5.41, 5.74) is 1.92. The molecule has 0 bridgehead atoms. The number of benzene rings is 8. The summed E-state index contributed by atoms with van der Waals surface area (Å²) in [5, 5.41) is 9.41. The molecule has 0 saturated carbocycles. The zero-order chi connectivity index (χ0) is 76.0. The van der Waals surface area contributed by atoms with E-state index in [0.29, 0.717) is 54.1 Å². The van der Waals surface area contributed by atoms with Crippen LogP contribution in [0, 0.1) is 13.8 Å². The number of hydrogen-bond acceptors (Lipinski definition) is 16. The summed E-state index contributed by atoms with van der Waals surface area (Å²) in [6.07, 6.45) is 4.66. The van der Waals surface area contributed by atoms with E-state index in [4.69, 9.17) is 32.8 Å². The highest BCUT2D eigenvalue weighted by Gasteiger charge is 2.41. The SMILES string of the molecule is COc1ccc(C(OCC(CCn2cc(C)c(=O)n(C(=O)c3ccccc3)c2=O)SCCCO)(c2ccccc2)c2ccc(OC)cc2)cc1.COc1ccc(C(OCC(CCn2cc(C)c(=O)n(C(=O)c3ccccc3)c2=O)SCCO[Si](C)(C)C(C)(C)C)(c2ccccc2)c2ccc(OC)cc2)cc1. The second-order valence-electron chi connectivity index (χ2n) is 27.1. The summed E-state index contributed by atoms with van der Waals surface area (Å²) in [7, 11) is 4.57. The van der Waals surface area contributed by atoms with Crippen LogP contribution in [0.25, 0.3) is 0 Å². The maximum Gasteiger partial charge on any atom is 0.338 e. The first-order valence-corrected chi connectivity index (χ1v) is 40.3. The van der Waals surface area contributed by atoms with Gasteiger partial charge in [0.05, 0.1) is 41.7 Å². The fourth-order valence-electron chi connectivity index (χ4n) is 12.2. The van der Waals surface area contributed by atoms with Gasteiger partial charge in [0.25, 0.3) is 22.9 Å². The summed E-state index contributed by atoms with van der Waals surface area (Å²) in [5.74, 6) is 2.97. The molecular weight excluding hydrogens is 1390 g/mol. The highest BCUT2D eigenvalue weighted by molar-refractivity contribution is 8.00. The smallest absolute Gasteiger partial charge is 0.338 e. The van der Waals surface area contributed by atoms with Gasteiger partial charge >= 0.3 is 11.4 Å². The Morgan fingerprint density at radius 2 is 0.745 bits per heavy atom. The van der Waals surface area contributed by atoms with Crippen LogP contribution in [0.4, 0.5) is 0 Å². The summed E-state index contributed by atoms with van der Waals surface area (Å²) < 4.78 is 47.4. The largest absolute Gasteiger partial charge is 0.497 e. The maximum absolute atomic E-state index is 13.8. The first-order chi connectivity index (χ1) is 51.0. The van der Waals surface area contributed by atoms with Gasteiger partial charge in [0.15, 0.2) is 8.32 Å². The fourth-order valence-corrected chi connectivity index (χ4v) is 15.4. The zero-order valence-corrected chi connectivity index (χ0v) is 64.9. The Morgan fingerprint density at radius 1 is 0.443 bits per heavy atom. The van der Waals surface area contributed by atoms with Gasteiger partial charge in [-0.25, -0.2) is 9.59 Å². The minimum Gasteiger partial charge on any atom is -0.497 e. The lowest BCUT2D eigenvalue weighted by atomic mass is 9.80. The predicted octanol–water partition coefficient (Wildman–Crippen LogP) is 14.5. The van der Waals surface area contributed by atoms with Gasteiger partial charge in [-0.05, 0) is 163 Å². The van der Waals surface area contributed by atoms with Crippen molar-refractivity contribution in [1.29, 1.82) is 0 Å². The summed E-state index contributed by atoms with van der Waals surface area (Å²) in [4.78, 5) is 80.4. The number of aliphatic hydroxyl groups is 1. The standard InChI is InChI=1S/C45H54N2O7SSi.C40H42N2O7S/c1-33-31-46(43(50)47(41(33)48)42(49)34-15-11-9-12-16-34)28-27-40(55-30-29-54-56(7,8)44(2,3)4)32-53-45(35-17-13-10-14-18-35,36-19-23-38(51-5)24-20-36)37-21-25-39(52-6)26-22-37;1-29-27-41(39(46)42(37(29)44)38(45)30-11-6-4-7-12-30)24-23-36(50-26-10-25-43)28-49-40(31-13-8-5-9-14-31,32-15-19-34(47-2)20-16-32)33-17-21-35(48-3)22-18-33/h9-26,31,40H,27-30,32H2,1-8H3;4-9,11-22,27,36,43H,10,23-26,28H2,1-3H3. The molecule has 2 heterocycles. The van der Waals surface area contributed by atoms with Crippen molar-refractivity contribution in [1.82, 2.24) is 18.3 Å². The van der Waals surface area contributed by atoms with E-state index in [-0.39, 0.29) is 58.5 Å². The number of carbonyl (C=O) groups is 2. The first-order valence-electron chi connectivity index (χ1n) is 35.3. The van der Waals surface area contributed by atoms with Crippen LogP contribution in [0.5, 0.6) is 23.0 Å². The molecule has 0 fully saturated rings. The molecule has 10 rings (SSSR count). The molecule has 106 heavy (non-hydrogen) atoms. The molecule has 21 heteroatoms. The maximum atomic E-state index is 13.8. The number of rotatable bonds is 33. The van der Waals surface area contributed by atoms with Crippen molar-refractivity contribution in [2.24, 2.45) is 0 Å². The Balaban J connectivity index is 0.000000247. The van der Waals surface area contributed by atoms with Crippen LogP contribution >= 0.6 is 23.5 Å². The predicted molar refractivity (Wildman–Crippen MR) is 425 cm³/mol. The lowest BCUT2D eigenvalue weighted by molar-refractivity contribution is 0.0126. The van der Waals surface area contributed by atoms with Crippen LogP contribution in [0.1, 0.15) is 105 Å². The minimum absolute atomic E-state index is 0.0530. The third-order valence-corrected chi connectivity index (χ3v) is 26.3. The average Bonchev–Trinajstić information content (AvgIpc) is 0.752. The van der Waals surface area contributed by atoms with E-state index >= 15 is 0 Å². The Kier molecular flexibility index (Phi) is 28.6. The number of carbonyl (C=O) groups excluding carboxylic acids is 2. The number of hydrogen-bond donors (Lipinski definition) is 1. The summed E-state index contributed by atoms with van der Waals surface area (Å²) in [6.45, 7) is 16.1. The number of nitrogens with zero attached hydrogens (tertiary/aromatic N) is 4. The van der Waals surface area contributed by atoms with Gasteiger partial charge < -0.3 is 38.0 Å². The highest BCUT2D eigenvalue weighted by atomic mass is 32.2. The third kappa shape index (κ3) is 19.3. The van der Waals surface area contributed by atoms with Gasteiger partial charge in [0, 0.05) is 77.2 Å². The molecule has 0 aliphatic carbocycles. The Morgan fingerprint density at radius 3 is 1.05 bits per heavy atom. The lowest BCUT2D eigenvalue weighted by Gasteiger charge is -2.37. The number of aromatic nitrogens is 4. The van der Waals surface area contributed by atoms with Crippen molar-refractivity contribution in [2.75, 3.05) is 66.4 Å². The number of ether oxygens (including phenoxy) is 6. The summed E-state index contributed by atoms with van der Waals surface area (Å²) in [6, 6.07) is 68.3. The van der Waals surface area contributed by atoms with E-state index in [2.05, 4.69) is 46.0 Å². The van der Waals surface area contributed by atoms with Crippen molar-refractivity contribution in [2.45, 2.75) is 107 Å². The van der Waals surface area contributed by atoms with E-state index in [1.807, 2.05) is 146 Å². The molecule has 0 spiro atoms. The molecule has 1 N–H and O–H groups in total. The second kappa shape index (κ2) is 37.6. The molecule has 0 radical (unpaired) electrons. The molecule has 0 aliphatic heterocycles. The molecule has 10 aromatic rings. The van der Waals surface area contributed by atoms with Gasteiger partial charge in [-0.3, -0.25) is 28.3 Å². The van der Waals surface area contributed by atoms with Gasteiger partial charge in [0.2, 0.25) is 0 Å². The van der Waals surface area contributed by atoms with Crippen molar-refractivity contribution >= 4 is 43.7 Å². The van der Waals surface area contributed by atoms with Crippen LogP contribution in [0.15, 0.2) is 250 Å². The molecule has 0 aliphatic rings. The zero-order valence-electron chi connectivity index (χ0n) is 62.2. The molecule has 556 valence electrons. The normalized spacial score (nSPS) is 12.3. The third-order valence-electron chi connectivity index (χ3n) is 19.2. The molecular formula is C85H96N4O14S2Si. The van der Waals surface area contributed by atoms with E-state index in [1.54, 1.807) is 133 Å². The lowest BCUT2D eigenvalue weighted by Crippen LogP contribution is -2.45. The van der Waals surface area contributed by atoms with Gasteiger partial charge in [-0.1, -0.05) is 166 Å². The Bertz CT molecular complexity index is 4630. The van der Waals surface area contributed by atoms with Gasteiger partial charge in [0.1, 0.15) is 34.2 Å². The topological polar surface area (TPSA) is 207 Å². The van der Waals surface area contributed by atoms with E-state index in [0.717, 1.165) is 60.9 Å². The molecule has 2 atom stereocenters. The quantitative estimate of drug-likeness (QED) is 0.0230. The molecule has 8 aromatic carbocycles. The Hall–Kier alpha value is -9.58. The van der Waals surface area contributed by atoms with Crippen molar-refractivity contribution in [3.63, 3.8) is 0 Å². The van der Waals surface area contributed by atoms with Crippen molar-refractivity contribution in [3.05, 3.63) is 328 Å². The van der Waals surface area contributed by atoms with Crippen LogP contribution in [-0.2, 0) is 38.2 Å². The molecule has 0 saturated heterocycles. The fraction of sp³-hybridized carbons (Fsp3) is 0.318. The summed E-state index contributed by atoms with van der Waals surface area (Å²) >= 11 is 3.38. The van der Waals surface area contributed by atoms with Crippen molar-refractivity contribution in [3.8, 4) is 23.0 Å². The Labute approximate surface area is 630 Å². The molecule has 18 nitrogen and oxygen atoms in total. The average molecular weight is 1490 g/mol. The van der Waals surface area contributed by atoms with Gasteiger partial charge in [-0.2, -0.15) is 32.7 Å².